The van der Waals surface area contributed by atoms with Crippen molar-refractivity contribution in [2.75, 3.05) is 6.61 Å². The Morgan fingerprint density at radius 2 is 2.19 bits per heavy atom. The number of amides is 1. The van der Waals surface area contributed by atoms with Gasteiger partial charge < -0.3 is 10.4 Å². The van der Waals surface area contributed by atoms with E-state index in [2.05, 4.69) is 5.32 Å². The minimum Gasteiger partial charge on any atom is -0.394 e. The van der Waals surface area contributed by atoms with Gasteiger partial charge in [0, 0.05) is 11.6 Å². The first kappa shape index (κ1) is 12.6. The van der Waals surface area contributed by atoms with Crippen LogP contribution in [0.4, 0.5) is 8.78 Å². The van der Waals surface area contributed by atoms with Crippen molar-refractivity contribution in [3.8, 4) is 0 Å². The van der Waals surface area contributed by atoms with Crippen LogP contribution in [-0.2, 0) is 11.2 Å². The van der Waals surface area contributed by atoms with Gasteiger partial charge in [0.15, 0.2) is 0 Å². The summed E-state index contributed by atoms with van der Waals surface area (Å²) in [4.78, 5) is 11.3. The number of hydrogen-bond acceptors (Lipinski definition) is 2. The molecular weight excluding hydrogens is 216 g/mol. The van der Waals surface area contributed by atoms with Crippen LogP contribution in [0.1, 0.15) is 12.5 Å². The zero-order valence-electron chi connectivity index (χ0n) is 8.84. The molecule has 0 aromatic heterocycles. The van der Waals surface area contributed by atoms with Crippen molar-refractivity contribution < 1.29 is 18.7 Å². The van der Waals surface area contributed by atoms with E-state index in [9.17, 15) is 13.6 Å². The highest BCUT2D eigenvalue weighted by molar-refractivity contribution is 5.78. The average molecular weight is 229 g/mol. The molecule has 0 saturated heterocycles. The van der Waals surface area contributed by atoms with Crippen LogP contribution in [0, 0.1) is 11.6 Å². The van der Waals surface area contributed by atoms with E-state index in [0.29, 0.717) is 0 Å². The first-order valence-electron chi connectivity index (χ1n) is 4.87. The van der Waals surface area contributed by atoms with Crippen LogP contribution < -0.4 is 5.32 Å². The molecule has 1 rings (SSSR count). The van der Waals surface area contributed by atoms with Gasteiger partial charge in [-0.15, -0.1) is 0 Å². The Kier molecular flexibility index (Phi) is 4.37. The predicted octanol–water partition coefficient (Wildman–Crippen LogP) is 1.00. The summed E-state index contributed by atoms with van der Waals surface area (Å²) in [6.45, 7) is 1.41. The molecule has 1 amide bonds. The van der Waals surface area contributed by atoms with Crippen molar-refractivity contribution >= 4 is 5.91 Å². The third-order valence-corrected chi connectivity index (χ3v) is 2.04. The summed E-state index contributed by atoms with van der Waals surface area (Å²) in [5, 5.41) is 11.1. The number of aliphatic hydroxyl groups excluding tert-OH is 1. The van der Waals surface area contributed by atoms with Crippen molar-refractivity contribution in [1.82, 2.24) is 5.32 Å². The quantitative estimate of drug-likeness (QED) is 0.809. The molecule has 0 radical (unpaired) electrons. The number of hydrogen-bond donors (Lipinski definition) is 2. The number of benzene rings is 1. The zero-order valence-corrected chi connectivity index (χ0v) is 8.84. The molecule has 1 aromatic rings. The molecule has 1 aromatic carbocycles. The molecule has 0 aliphatic rings. The minimum atomic E-state index is -0.617. The fourth-order valence-electron chi connectivity index (χ4n) is 1.22. The molecule has 0 saturated carbocycles. The Morgan fingerprint density at radius 3 is 2.81 bits per heavy atom. The van der Waals surface area contributed by atoms with Crippen LogP contribution >= 0.6 is 0 Å². The molecule has 0 aliphatic heterocycles. The molecule has 2 N–H and O–H groups in total. The number of halogens is 2. The Labute approximate surface area is 92.1 Å². The van der Waals surface area contributed by atoms with E-state index in [4.69, 9.17) is 5.11 Å². The van der Waals surface area contributed by atoms with Crippen molar-refractivity contribution in [3.63, 3.8) is 0 Å². The topological polar surface area (TPSA) is 49.3 Å². The monoisotopic (exact) mass is 229 g/mol. The first-order valence-corrected chi connectivity index (χ1v) is 4.87. The Morgan fingerprint density at radius 1 is 1.50 bits per heavy atom. The highest BCUT2D eigenvalue weighted by Crippen LogP contribution is 2.10. The van der Waals surface area contributed by atoms with Gasteiger partial charge in [0.1, 0.15) is 11.6 Å². The van der Waals surface area contributed by atoms with Crippen molar-refractivity contribution in [2.45, 2.75) is 19.4 Å². The number of rotatable bonds is 4. The third kappa shape index (κ3) is 3.58. The second kappa shape index (κ2) is 5.55. The zero-order chi connectivity index (χ0) is 12.1. The van der Waals surface area contributed by atoms with Gasteiger partial charge in [0.05, 0.1) is 13.0 Å². The number of carbonyl (C=O) groups is 1. The van der Waals surface area contributed by atoms with Crippen LogP contribution in [0.15, 0.2) is 18.2 Å². The second-order valence-electron chi connectivity index (χ2n) is 3.56. The smallest absolute Gasteiger partial charge is 0.224 e. The molecule has 16 heavy (non-hydrogen) atoms. The maximum atomic E-state index is 13.2. The van der Waals surface area contributed by atoms with Crippen LogP contribution in [0.3, 0.4) is 0 Å². The SMILES string of the molecule is CC(CO)NC(=O)Cc1cc(F)ccc1F. The Hall–Kier alpha value is -1.49. The molecular formula is C11H13F2NO2. The molecule has 0 spiro atoms. The second-order valence-corrected chi connectivity index (χ2v) is 3.56. The van der Waals surface area contributed by atoms with Crippen molar-refractivity contribution in [3.05, 3.63) is 35.4 Å². The maximum Gasteiger partial charge on any atom is 0.224 e. The van der Waals surface area contributed by atoms with E-state index >= 15 is 0 Å². The summed E-state index contributed by atoms with van der Waals surface area (Å²) >= 11 is 0. The third-order valence-electron chi connectivity index (χ3n) is 2.04. The molecule has 0 bridgehead atoms. The normalized spacial score (nSPS) is 12.2. The molecule has 1 atom stereocenters. The Balaban J connectivity index is 2.65. The van der Waals surface area contributed by atoms with E-state index in [1.807, 2.05) is 0 Å². The van der Waals surface area contributed by atoms with Gasteiger partial charge in [-0.05, 0) is 25.1 Å². The lowest BCUT2D eigenvalue weighted by atomic mass is 10.1. The molecule has 1 unspecified atom stereocenters. The minimum absolute atomic E-state index is 0.00244. The lowest BCUT2D eigenvalue weighted by Gasteiger charge is -2.10. The van der Waals surface area contributed by atoms with Crippen LogP contribution in [0.25, 0.3) is 0 Å². The largest absolute Gasteiger partial charge is 0.394 e. The van der Waals surface area contributed by atoms with Crippen molar-refractivity contribution in [1.29, 1.82) is 0 Å². The first-order chi connectivity index (χ1) is 7.52. The van der Waals surface area contributed by atoms with Crippen LogP contribution in [-0.4, -0.2) is 23.7 Å². The molecule has 0 heterocycles. The predicted molar refractivity (Wildman–Crippen MR) is 54.8 cm³/mol. The highest BCUT2D eigenvalue weighted by Gasteiger charge is 2.11. The average Bonchev–Trinajstić information content (AvgIpc) is 2.23. The standard InChI is InChI=1S/C11H13F2NO2/c1-7(6-15)14-11(16)5-8-4-9(12)2-3-10(8)13/h2-4,7,15H,5-6H2,1H3,(H,14,16). The van der Waals surface area contributed by atoms with Gasteiger partial charge in [-0.1, -0.05) is 0 Å². The number of aliphatic hydroxyl groups is 1. The summed E-state index contributed by atoms with van der Waals surface area (Å²) in [7, 11) is 0. The van der Waals surface area contributed by atoms with E-state index < -0.39 is 23.6 Å². The lowest BCUT2D eigenvalue weighted by Crippen LogP contribution is -2.36. The summed E-state index contributed by atoms with van der Waals surface area (Å²) in [5.74, 6) is -1.65. The summed E-state index contributed by atoms with van der Waals surface area (Å²) in [5.41, 5.74) is 0.00244. The molecule has 0 aliphatic carbocycles. The maximum absolute atomic E-state index is 13.2. The van der Waals surface area contributed by atoms with E-state index in [0.717, 1.165) is 18.2 Å². The van der Waals surface area contributed by atoms with Gasteiger partial charge in [-0.2, -0.15) is 0 Å². The molecule has 3 nitrogen and oxygen atoms in total. The molecule has 88 valence electrons. The summed E-state index contributed by atoms with van der Waals surface area (Å²) in [6.07, 6.45) is -0.242. The Bertz CT molecular complexity index is 382. The fourth-order valence-corrected chi connectivity index (χ4v) is 1.22. The van der Waals surface area contributed by atoms with Gasteiger partial charge >= 0.3 is 0 Å². The van der Waals surface area contributed by atoms with Gasteiger partial charge in [0.2, 0.25) is 5.91 Å². The molecule has 5 heteroatoms. The summed E-state index contributed by atoms with van der Waals surface area (Å²) < 4.78 is 25.9. The van der Waals surface area contributed by atoms with E-state index in [1.54, 1.807) is 6.92 Å². The number of nitrogens with one attached hydrogen (secondary N) is 1. The van der Waals surface area contributed by atoms with Crippen molar-refractivity contribution in [2.24, 2.45) is 0 Å². The van der Waals surface area contributed by atoms with E-state index in [-0.39, 0.29) is 18.6 Å². The molecule has 0 fully saturated rings. The van der Waals surface area contributed by atoms with Gasteiger partial charge in [-0.3, -0.25) is 4.79 Å². The van der Waals surface area contributed by atoms with Crippen LogP contribution in [0.2, 0.25) is 0 Å². The van der Waals surface area contributed by atoms with Gasteiger partial charge in [-0.25, -0.2) is 8.78 Å². The van der Waals surface area contributed by atoms with E-state index in [1.165, 1.54) is 0 Å². The van der Waals surface area contributed by atoms with Crippen LogP contribution in [0.5, 0.6) is 0 Å². The van der Waals surface area contributed by atoms with Gasteiger partial charge in [0.25, 0.3) is 0 Å². The fraction of sp³-hybridized carbons (Fsp3) is 0.364. The lowest BCUT2D eigenvalue weighted by molar-refractivity contribution is -0.121. The highest BCUT2D eigenvalue weighted by atomic mass is 19.1. The summed E-state index contributed by atoms with van der Waals surface area (Å²) in [6, 6.07) is 2.56. The number of carbonyl (C=O) groups excluding carboxylic acids is 1.